The van der Waals surface area contributed by atoms with E-state index in [2.05, 4.69) is 31.5 Å². The number of hydrogen-bond donors (Lipinski definition) is 1. The van der Waals surface area contributed by atoms with Crippen LogP contribution in [0.15, 0.2) is 21.3 Å². The summed E-state index contributed by atoms with van der Waals surface area (Å²) in [5.41, 5.74) is 3.02. The van der Waals surface area contributed by atoms with Gasteiger partial charge in [-0.3, -0.25) is 4.68 Å². The van der Waals surface area contributed by atoms with E-state index < -0.39 is 0 Å². The van der Waals surface area contributed by atoms with E-state index in [0.29, 0.717) is 6.54 Å². The summed E-state index contributed by atoms with van der Waals surface area (Å²) in [6.45, 7) is 3.41. The first-order valence-corrected chi connectivity index (χ1v) is 5.75. The highest BCUT2D eigenvalue weighted by Gasteiger charge is 2.09. The molecule has 2 aromatic rings. The lowest BCUT2D eigenvalue weighted by Gasteiger charge is -2.03. The van der Waals surface area contributed by atoms with Crippen molar-refractivity contribution in [3.8, 4) is 0 Å². The third-order valence-electron chi connectivity index (χ3n) is 2.35. The van der Waals surface area contributed by atoms with Crippen molar-refractivity contribution in [2.24, 2.45) is 7.05 Å². The molecule has 0 aliphatic heterocycles. The lowest BCUT2D eigenvalue weighted by atomic mass is 10.3. The summed E-state index contributed by atoms with van der Waals surface area (Å²) in [7, 11) is 1.94. The van der Waals surface area contributed by atoms with E-state index in [4.69, 9.17) is 4.52 Å². The van der Waals surface area contributed by atoms with Crippen LogP contribution in [-0.4, -0.2) is 14.9 Å². The molecule has 16 heavy (non-hydrogen) atoms. The van der Waals surface area contributed by atoms with Crippen molar-refractivity contribution in [2.45, 2.75) is 20.0 Å². The molecule has 0 radical (unpaired) electrons. The number of hydrogen-bond acceptors (Lipinski definition) is 4. The first-order valence-electron chi connectivity index (χ1n) is 4.96. The van der Waals surface area contributed by atoms with Gasteiger partial charge in [0.25, 0.3) is 0 Å². The third kappa shape index (κ3) is 2.33. The van der Waals surface area contributed by atoms with Gasteiger partial charge in [-0.15, -0.1) is 0 Å². The Balaban J connectivity index is 1.95. The van der Waals surface area contributed by atoms with Gasteiger partial charge in [-0.1, -0.05) is 5.16 Å². The summed E-state index contributed by atoms with van der Waals surface area (Å²) >= 11 is 3.52. The monoisotopic (exact) mass is 284 g/mol. The van der Waals surface area contributed by atoms with E-state index in [1.807, 2.05) is 24.7 Å². The Bertz CT molecular complexity index is 463. The average Bonchev–Trinajstić information content (AvgIpc) is 2.82. The van der Waals surface area contributed by atoms with Crippen molar-refractivity contribution >= 4 is 15.9 Å². The quantitative estimate of drug-likeness (QED) is 0.930. The van der Waals surface area contributed by atoms with Crippen LogP contribution in [0.2, 0.25) is 0 Å². The fraction of sp³-hybridized carbons (Fsp3) is 0.400. The number of aryl methyl sites for hydroxylation is 2. The maximum Gasteiger partial charge on any atom is 0.124 e. The lowest BCUT2D eigenvalue weighted by molar-refractivity contribution is 0.408. The summed E-state index contributed by atoms with van der Waals surface area (Å²) in [6, 6.07) is 1.84. The molecule has 0 saturated carbocycles. The molecule has 2 rings (SSSR count). The molecule has 6 heteroatoms. The molecule has 2 aromatic heterocycles. The Morgan fingerprint density at radius 3 is 2.88 bits per heavy atom. The zero-order valence-electron chi connectivity index (χ0n) is 9.20. The largest absolute Gasteiger partial charge is 0.364 e. The Kier molecular flexibility index (Phi) is 3.40. The van der Waals surface area contributed by atoms with Crippen molar-refractivity contribution in [1.29, 1.82) is 0 Å². The minimum atomic E-state index is 0.688. The number of nitrogens with one attached hydrogen (secondary N) is 1. The van der Waals surface area contributed by atoms with Crippen LogP contribution in [-0.2, 0) is 20.1 Å². The maximum atomic E-state index is 4.75. The van der Waals surface area contributed by atoms with Gasteiger partial charge in [-0.25, -0.2) is 0 Å². The maximum absolute atomic E-state index is 4.75. The van der Waals surface area contributed by atoms with Gasteiger partial charge in [0.15, 0.2) is 0 Å². The molecule has 0 unspecified atom stereocenters. The van der Waals surface area contributed by atoms with Crippen LogP contribution in [0.25, 0.3) is 0 Å². The van der Waals surface area contributed by atoms with Crippen molar-refractivity contribution in [1.82, 2.24) is 20.3 Å². The minimum Gasteiger partial charge on any atom is -0.364 e. The molecular formula is C10H13BrN4O. The van der Waals surface area contributed by atoms with Crippen LogP contribution in [0.5, 0.6) is 0 Å². The predicted octanol–water partition coefficient (Wildman–Crippen LogP) is 1.77. The molecular weight excluding hydrogens is 272 g/mol. The van der Waals surface area contributed by atoms with E-state index in [1.54, 1.807) is 6.26 Å². The summed E-state index contributed by atoms with van der Waals surface area (Å²) in [6.07, 6.45) is 1.57. The smallest absolute Gasteiger partial charge is 0.124 e. The highest BCUT2D eigenvalue weighted by atomic mass is 79.9. The Morgan fingerprint density at radius 2 is 2.31 bits per heavy atom. The van der Waals surface area contributed by atoms with Gasteiger partial charge in [0, 0.05) is 26.2 Å². The van der Waals surface area contributed by atoms with E-state index in [9.17, 15) is 0 Å². The highest BCUT2D eigenvalue weighted by Crippen LogP contribution is 2.19. The molecule has 86 valence electrons. The van der Waals surface area contributed by atoms with E-state index in [0.717, 1.165) is 28.1 Å². The van der Waals surface area contributed by atoms with Gasteiger partial charge >= 0.3 is 0 Å². The predicted molar refractivity (Wildman–Crippen MR) is 62.7 cm³/mol. The second-order valence-corrected chi connectivity index (χ2v) is 4.36. The highest BCUT2D eigenvalue weighted by molar-refractivity contribution is 9.10. The Hall–Kier alpha value is -1.14. The van der Waals surface area contributed by atoms with Gasteiger partial charge < -0.3 is 9.84 Å². The van der Waals surface area contributed by atoms with Crippen molar-refractivity contribution < 1.29 is 4.52 Å². The molecule has 0 aromatic carbocycles. The van der Waals surface area contributed by atoms with Gasteiger partial charge in [-0.2, -0.15) is 5.10 Å². The number of aromatic nitrogens is 3. The number of halogens is 1. The SMILES string of the molecule is Cc1nn(C)c(CNCc2ccon2)c1Br. The van der Waals surface area contributed by atoms with Crippen LogP contribution in [0.3, 0.4) is 0 Å². The lowest BCUT2D eigenvalue weighted by Crippen LogP contribution is -2.15. The molecule has 0 atom stereocenters. The first-order chi connectivity index (χ1) is 7.68. The Morgan fingerprint density at radius 1 is 1.50 bits per heavy atom. The molecule has 0 aliphatic carbocycles. The van der Waals surface area contributed by atoms with Gasteiger partial charge in [-0.05, 0) is 22.9 Å². The van der Waals surface area contributed by atoms with E-state index in [1.165, 1.54) is 0 Å². The molecule has 1 N–H and O–H groups in total. The van der Waals surface area contributed by atoms with Gasteiger partial charge in [0.2, 0.25) is 0 Å². The van der Waals surface area contributed by atoms with Crippen molar-refractivity contribution in [3.05, 3.63) is 33.9 Å². The molecule has 0 saturated heterocycles. The van der Waals surface area contributed by atoms with Crippen molar-refractivity contribution in [2.75, 3.05) is 0 Å². The summed E-state index contributed by atoms with van der Waals surface area (Å²) in [5, 5.41) is 11.4. The van der Waals surface area contributed by atoms with Gasteiger partial charge in [0.05, 0.1) is 21.6 Å². The fourth-order valence-corrected chi connectivity index (χ4v) is 1.99. The van der Waals surface area contributed by atoms with Crippen LogP contribution >= 0.6 is 15.9 Å². The third-order valence-corrected chi connectivity index (χ3v) is 3.38. The zero-order chi connectivity index (χ0) is 11.5. The number of nitrogens with zero attached hydrogens (tertiary/aromatic N) is 3. The van der Waals surface area contributed by atoms with E-state index in [-0.39, 0.29) is 0 Å². The van der Waals surface area contributed by atoms with Crippen LogP contribution in [0.1, 0.15) is 17.1 Å². The summed E-state index contributed by atoms with van der Waals surface area (Å²) in [4.78, 5) is 0. The molecule has 0 amide bonds. The Labute approximate surface area is 102 Å². The van der Waals surface area contributed by atoms with Crippen LogP contribution < -0.4 is 5.32 Å². The zero-order valence-corrected chi connectivity index (χ0v) is 10.8. The molecule has 0 spiro atoms. The second-order valence-electron chi connectivity index (χ2n) is 3.56. The van der Waals surface area contributed by atoms with E-state index >= 15 is 0 Å². The average molecular weight is 285 g/mol. The molecule has 0 aliphatic rings. The topological polar surface area (TPSA) is 55.9 Å². The molecule has 0 bridgehead atoms. The molecule has 0 fully saturated rings. The molecule has 5 nitrogen and oxygen atoms in total. The number of rotatable bonds is 4. The first kappa shape index (κ1) is 11.3. The molecule has 2 heterocycles. The summed E-state index contributed by atoms with van der Waals surface area (Å²) in [5.74, 6) is 0. The minimum absolute atomic E-state index is 0.688. The fourth-order valence-electron chi connectivity index (χ4n) is 1.51. The standard InChI is InChI=1S/C10H13BrN4O/c1-7-10(11)9(15(2)13-7)6-12-5-8-3-4-16-14-8/h3-4,12H,5-6H2,1-2H3. The summed E-state index contributed by atoms with van der Waals surface area (Å²) < 4.78 is 7.68. The second kappa shape index (κ2) is 4.80. The van der Waals surface area contributed by atoms with Gasteiger partial charge in [0.1, 0.15) is 6.26 Å². The van der Waals surface area contributed by atoms with Crippen LogP contribution in [0.4, 0.5) is 0 Å². The van der Waals surface area contributed by atoms with Crippen LogP contribution in [0, 0.1) is 6.92 Å². The van der Waals surface area contributed by atoms with Crippen molar-refractivity contribution in [3.63, 3.8) is 0 Å². The normalized spacial score (nSPS) is 10.9.